The van der Waals surface area contributed by atoms with Gasteiger partial charge < -0.3 is 10.2 Å². The number of hydrogen-bond acceptors (Lipinski definition) is 4. The lowest BCUT2D eigenvalue weighted by Gasteiger charge is -2.05. The summed E-state index contributed by atoms with van der Waals surface area (Å²) in [6.07, 6.45) is 1.38. The molecule has 6 nitrogen and oxygen atoms in total. The van der Waals surface area contributed by atoms with Crippen LogP contribution >= 0.6 is 11.6 Å². The molecule has 7 heteroatoms. The topological polar surface area (TPSA) is 87.7 Å². The van der Waals surface area contributed by atoms with Crippen LogP contribution in [0, 0.1) is 6.92 Å². The summed E-state index contributed by atoms with van der Waals surface area (Å²) in [5.74, 6) is -0.741. The number of aromatic carboxylic acids is 1. The summed E-state index contributed by atoms with van der Waals surface area (Å²) >= 11 is 6.03. The van der Waals surface area contributed by atoms with Gasteiger partial charge >= 0.3 is 5.97 Å². The van der Waals surface area contributed by atoms with E-state index in [1.165, 1.54) is 16.7 Å². The molecule has 0 aliphatic carbocycles. The quantitative estimate of drug-likeness (QED) is 0.760. The lowest BCUT2D eigenvalue weighted by atomic mass is 10.1. The molecule has 0 aliphatic rings. The van der Waals surface area contributed by atoms with E-state index in [0.29, 0.717) is 17.0 Å². The summed E-state index contributed by atoms with van der Waals surface area (Å²) < 4.78 is 1.46. The molecule has 0 fully saturated rings. The van der Waals surface area contributed by atoms with Crippen molar-refractivity contribution in [2.45, 2.75) is 6.92 Å². The standard InChI is InChI=1S/C14H10ClN3O3/c1-7-2-3-11(19)9(4-7)12-16-17-13-10(15)5-8(14(20)21)6-18(12)13/h2-6,19H,1H3,(H,20,21). The minimum Gasteiger partial charge on any atom is -0.507 e. The van der Waals surface area contributed by atoms with Gasteiger partial charge in [-0.1, -0.05) is 23.2 Å². The Labute approximate surface area is 124 Å². The maximum Gasteiger partial charge on any atom is 0.337 e. The Morgan fingerprint density at radius 1 is 1.29 bits per heavy atom. The van der Waals surface area contributed by atoms with Crippen LogP contribution in [0.15, 0.2) is 30.5 Å². The molecule has 0 unspecified atom stereocenters. The SMILES string of the molecule is Cc1ccc(O)c(-c2nnc3c(Cl)cc(C(=O)O)cn23)c1. The fourth-order valence-electron chi connectivity index (χ4n) is 2.08. The summed E-state index contributed by atoms with van der Waals surface area (Å²) in [4.78, 5) is 11.1. The van der Waals surface area contributed by atoms with Crippen LogP contribution in [-0.2, 0) is 0 Å². The molecule has 0 saturated carbocycles. The van der Waals surface area contributed by atoms with E-state index in [4.69, 9.17) is 16.7 Å². The van der Waals surface area contributed by atoms with Crippen molar-refractivity contribution in [3.63, 3.8) is 0 Å². The average molecular weight is 304 g/mol. The zero-order valence-corrected chi connectivity index (χ0v) is 11.7. The van der Waals surface area contributed by atoms with Gasteiger partial charge in [-0.15, -0.1) is 10.2 Å². The minimum atomic E-state index is -1.10. The molecule has 21 heavy (non-hydrogen) atoms. The molecule has 0 bridgehead atoms. The van der Waals surface area contributed by atoms with Crippen LogP contribution in [0.4, 0.5) is 0 Å². The molecule has 0 spiro atoms. The molecule has 1 aromatic carbocycles. The molecule has 0 saturated heterocycles. The maximum atomic E-state index is 11.1. The predicted octanol–water partition coefficient (Wildman–Crippen LogP) is 2.76. The molecular weight excluding hydrogens is 294 g/mol. The number of halogens is 1. The molecule has 0 amide bonds. The van der Waals surface area contributed by atoms with Gasteiger partial charge in [-0.05, 0) is 25.1 Å². The molecule has 0 atom stereocenters. The Kier molecular flexibility index (Phi) is 3.03. The van der Waals surface area contributed by atoms with E-state index in [1.807, 2.05) is 6.92 Å². The average Bonchev–Trinajstić information content (AvgIpc) is 2.85. The Morgan fingerprint density at radius 2 is 2.05 bits per heavy atom. The van der Waals surface area contributed by atoms with Crippen LogP contribution in [0.5, 0.6) is 5.75 Å². The summed E-state index contributed by atoms with van der Waals surface area (Å²) in [7, 11) is 0. The first kappa shape index (κ1) is 13.4. The minimum absolute atomic E-state index is 0.0145. The van der Waals surface area contributed by atoms with E-state index in [-0.39, 0.29) is 16.3 Å². The van der Waals surface area contributed by atoms with Gasteiger partial charge in [0.05, 0.1) is 16.1 Å². The van der Waals surface area contributed by atoms with Crippen LogP contribution in [0.1, 0.15) is 15.9 Å². The number of phenols is 1. The van der Waals surface area contributed by atoms with E-state index in [1.54, 1.807) is 18.2 Å². The van der Waals surface area contributed by atoms with Gasteiger partial charge in [-0.25, -0.2) is 4.79 Å². The van der Waals surface area contributed by atoms with E-state index in [0.717, 1.165) is 5.56 Å². The number of carboxylic acid groups (broad SMARTS) is 1. The van der Waals surface area contributed by atoms with E-state index in [2.05, 4.69) is 10.2 Å². The van der Waals surface area contributed by atoms with Gasteiger partial charge in [0, 0.05) is 6.20 Å². The fraction of sp³-hybridized carbons (Fsp3) is 0.0714. The molecule has 2 heterocycles. The van der Waals surface area contributed by atoms with Crippen molar-refractivity contribution in [1.29, 1.82) is 0 Å². The number of aromatic hydroxyl groups is 1. The zero-order valence-electron chi connectivity index (χ0n) is 10.9. The van der Waals surface area contributed by atoms with Crippen LogP contribution < -0.4 is 0 Å². The monoisotopic (exact) mass is 303 g/mol. The molecule has 3 aromatic rings. The summed E-state index contributed by atoms with van der Waals surface area (Å²) in [6, 6.07) is 6.37. The second-order valence-corrected chi connectivity index (χ2v) is 5.03. The molecule has 2 aromatic heterocycles. The molecule has 2 N–H and O–H groups in total. The number of aryl methyl sites for hydroxylation is 1. The predicted molar refractivity (Wildman–Crippen MR) is 76.8 cm³/mol. The van der Waals surface area contributed by atoms with E-state index >= 15 is 0 Å². The third-order valence-electron chi connectivity index (χ3n) is 3.10. The van der Waals surface area contributed by atoms with E-state index < -0.39 is 5.97 Å². The van der Waals surface area contributed by atoms with Crippen molar-refractivity contribution in [3.05, 3.63) is 46.6 Å². The number of fused-ring (bicyclic) bond motifs is 1. The first-order chi connectivity index (χ1) is 9.97. The number of rotatable bonds is 2. The Balaban J connectivity index is 2.33. The third kappa shape index (κ3) is 2.19. The largest absolute Gasteiger partial charge is 0.507 e. The van der Waals surface area contributed by atoms with Crippen molar-refractivity contribution in [3.8, 4) is 17.1 Å². The van der Waals surface area contributed by atoms with Crippen molar-refractivity contribution < 1.29 is 15.0 Å². The normalized spacial score (nSPS) is 11.0. The second-order valence-electron chi connectivity index (χ2n) is 4.62. The van der Waals surface area contributed by atoms with Crippen molar-refractivity contribution in [2.75, 3.05) is 0 Å². The Bertz CT molecular complexity index is 873. The molecular formula is C14H10ClN3O3. The number of pyridine rings is 1. The number of carboxylic acids is 1. The summed E-state index contributed by atoms with van der Waals surface area (Å²) in [5.41, 5.74) is 1.74. The first-order valence-electron chi connectivity index (χ1n) is 6.05. The van der Waals surface area contributed by atoms with E-state index in [9.17, 15) is 9.90 Å². The molecule has 0 radical (unpaired) electrons. The van der Waals surface area contributed by atoms with Crippen molar-refractivity contribution >= 4 is 23.2 Å². The fourth-order valence-corrected chi connectivity index (χ4v) is 2.33. The highest BCUT2D eigenvalue weighted by Gasteiger charge is 2.16. The van der Waals surface area contributed by atoms with Crippen LogP contribution in [-0.4, -0.2) is 30.8 Å². The van der Waals surface area contributed by atoms with Crippen LogP contribution in [0.25, 0.3) is 17.0 Å². The first-order valence-corrected chi connectivity index (χ1v) is 6.42. The van der Waals surface area contributed by atoms with Gasteiger partial charge in [0.25, 0.3) is 0 Å². The summed E-state index contributed by atoms with van der Waals surface area (Å²) in [6.45, 7) is 1.88. The highest BCUT2D eigenvalue weighted by Crippen LogP contribution is 2.30. The highest BCUT2D eigenvalue weighted by molar-refractivity contribution is 6.33. The Hall–Kier alpha value is -2.60. The second kappa shape index (κ2) is 4.75. The third-order valence-corrected chi connectivity index (χ3v) is 3.38. The molecule has 0 aliphatic heterocycles. The summed E-state index contributed by atoms with van der Waals surface area (Å²) in [5, 5.41) is 27.2. The maximum absolute atomic E-state index is 11.1. The van der Waals surface area contributed by atoms with Gasteiger partial charge in [0.2, 0.25) is 0 Å². The molecule has 106 valence electrons. The van der Waals surface area contributed by atoms with Gasteiger partial charge in [-0.3, -0.25) is 4.40 Å². The Morgan fingerprint density at radius 3 is 2.76 bits per heavy atom. The highest BCUT2D eigenvalue weighted by atomic mass is 35.5. The van der Waals surface area contributed by atoms with Crippen LogP contribution in [0.3, 0.4) is 0 Å². The van der Waals surface area contributed by atoms with Gasteiger partial charge in [0.1, 0.15) is 5.75 Å². The van der Waals surface area contributed by atoms with Crippen LogP contribution in [0.2, 0.25) is 5.02 Å². The van der Waals surface area contributed by atoms with Crippen molar-refractivity contribution in [2.24, 2.45) is 0 Å². The number of benzene rings is 1. The van der Waals surface area contributed by atoms with Gasteiger partial charge in [-0.2, -0.15) is 0 Å². The lowest BCUT2D eigenvalue weighted by Crippen LogP contribution is -2.00. The lowest BCUT2D eigenvalue weighted by molar-refractivity contribution is 0.0696. The number of nitrogens with zero attached hydrogens (tertiary/aromatic N) is 3. The number of hydrogen-bond donors (Lipinski definition) is 2. The number of phenolic OH excluding ortho intramolecular Hbond substituents is 1. The smallest absolute Gasteiger partial charge is 0.337 e. The molecule has 3 rings (SSSR count). The van der Waals surface area contributed by atoms with Gasteiger partial charge in [0.15, 0.2) is 11.5 Å². The van der Waals surface area contributed by atoms with Crippen molar-refractivity contribution in [1.82, 2.24) is 14.6 Å². The number of aromatic nitrogens is 3. The number of carbonyl (C=O) groups is 1. The zero-order chi connectivity index (χ0) is 15.1.